The van der Waals surface area contributed by atoms with Gasteiger partial charge in [0, 0.05) is 12.1 Å². The minimum Gasteiger partial charge on any atom is -0.496 e. The second kappa shape index (κ2) is 6.06. The monoisotopic (exact) mass is 246 g/mol. The molecule has 0 aliphatic rings. The van der Waals surface area contributed by atoms with Crippen LogP contribution in [0.1, 0.15) is 19.4 Å². The van der Waals surface area contributed by atoms with E-state index in [4.69, 9.17) is 10.00 Å². The van der Waals surface area contributed by atoms with Crippen molar-refractivity contribution in [1.29, 1.82) is 5.26 Å². The van der Waals surface area contributed by atoms with Crippen LogP contribution in [-0.4, -0.2) is 19.6 Å². The fourth-order valence-corrected chi connectivity index (χ4v) is 1.44. The summed E-state index contributed by atoms with van der Waals surface area (Å²) in [5.74, 6) is 0.593. The molecule has 1 amide bonds. The van der Waals surface area contributed by atoms with Gasteiger partial charge in [-0.1, -0.05) is 18.2 Å². The summed E-state index contributed by atoms with van der Waals surface area (Å²) < 4.78 is 5.18. The topological polar surface area (TPSA) is 62.1 Å². The largest absolute Gasteiger partial charge is 0.496 e. The van der Waals surface area contributed by atoms with E-state index in [0.29, 0.717) is 12.3 Å². The van der Waals surface area contributed by atoms with Crippen molar-refractivity contribution in [1.82, 2.24) is 5.32 Å². The van der Waals surface area contributed by atoms with Crippen molar-refractivity contribution < 1.29 is 9.53 Å². The molecule has 4 nitrogen and oxygen atoms in total. The van der Waals surface area contributed by atoms with Crippen LogP contribution in [0.4, 0.5) is 0 Å². The molecule has 0 fully saturated rings. The van der Waals surface area contributed by atoms with Crippen LogP contribution in [0.3, 0.4) is 0 Å². The zero-order chi connectivity index (χ0) is 13.6. The first-order chi connectivity index (χ1) is 8.48. The Morgan fingerprint density at radius 3 is 2.72 bits per heavy atom. The van der Waals surface area contributed by atoms with Crippen LogP contribution in [0.15, 0.2) is 24.3 Å². The highest BCUT2D eigenvalue weighted by atomic mass is 16.5. The lowest BCUT2D eigenvalue weighted by Crippen LogP contribution is -2.34. The van der Waals surface area contributed by atoms with Crippen molar-refractivity contribution >= 4 is 5.91 Å². The third kappa shape index (κ3) is 4.10. The van der Waals surface area contributed by atoms with E-state index in [1.807, 2.05) is 24.3 Å². The van der Waals surface area contributed by atoms with Gasteiger partial charge in [0.2, 0.25) is 5.91 Å². The Bertz CT molecular complexity index is 461. The molecule has 0 aliphatic heterocycles. The zero-order valence-electron chi connectivity index (χ0n) is 11.0. The third-order valence-corrected chi connectivity index (χ3v) is 2.57. The maximum absolute atomic E-state index is 11.8. The quantitative estimate of drug-likeness (QED) is 0.863. The molecule has 0 saturated carbocycles. The van der Waals surface area contributed by atoms with Crippen LogP contribution in [0, 0.1) is 16.7 Å². The third-order valence-electron chi connectivity index (χ3n) is 2.57. The fraction of sp³-hybridized carbons (Fsp3) is 0.429. The summed E-state index contributed by atoms with van der Waals surface area (Å²) in [6.07, 6.45) is 0.255. The van der Waals surface area contributed by atoms with Crippen molar-refractivity contribution in [3.8, 4) is 11.8 Å². The Labute approximate surface area is 108 Å². The number of nitrogens with one attached hydrogen (secondary N) is 1. The van der Waals surface area contributed by atoms with Gasteiger partial charge in [0.25, 0.3) is 0 Å². The molecule has 4 heteroatoms. The van der Waals surface area contributed by atoms with Gasteiger partial charge in [-0.05, 0) is 19.9 Å². The van der Waals surface area contributed by atoms with E-state index in [2.05, 4.69) is 11.4 Å². The molecule has 18 heavy (non-hydrogen) atoms. The maximum atomic E-state index is 11.8. The van der Waals surface area contributed by atoms with Crippen LogP contribution >= 0.6 is 0 Å². The Balaban J connectivity index is 2.58. The molecule has 0 radical (unpaired) electrons. The molecule has 0 unspecified atom stereocenters. The van der Waals surface area contributed by atoms with Crippen molar-refractivity contribution in [2.45, 2.75) is 20.3 Å². The molecule has 1 N–H and O–H groups in total. The van der Waals surface area contributed by atoms with Crippen LogP contribution in [0.2, 0.25) is 0 Å². The lowest BCUT2D eigenvalue weighted by atomic mass is 9.96. The molecule has 0 bridgehead atoms. The summed E-state index contributed by atoms with van der Waals surface area (Å²) in [5.41, 5.74) is 0.295. The van der Waals surface area contributed by atoms with E-state index in [1.165, 1.54) is 0 Å². The van der Waals surface area contributed by atoms with E-state index >= 15 is 0 Å². The van der Waals surface area contributed by atoms with Crippen molar-refractivity contribution in [2.24, 2.45) is 5.41 Å². The number of carbonyl (C=O) groups excluding carboxylic acids is 1. The summed E-state index contributed by atoms with van der Waals surface area (Å²) in [7, 11) is 1.58. The fourth-order valence-electron chi connectivity index (χ4n) is 1.44. The average molecular weight is 246 g/mol. The highest BCUT2D eigenvalue weighted by molar-refractivity contribution is 5.79. The Morgan fingerprint density at radius 2 is 2.11 bits per heavy atom. The first-order valence-electron chi connectivity index (χ1n) is 5.78. The van der Waals surface area contributed by atoms with Crippen LogP contribution in [0.25, 0.3) is 0 Å². The molecule has 1 aromatic carbocycles. The predicted molar refractivity (Wildman–Crippen MR) is 69.1 cm³/mol. The Kier molecular flexibility index (Phi) is 4.73. The van der Waals surface area contributed by atoms with Crippen LogP contribution in [0.5, 0.6) is 5.75 Å². The molecule has 0 aromatic heterocycles. The van der Waals surface area contributed by atoms with Gasteiger partial charge in [0.05, 0.1) is 25.0 Å². The second-order valence-corrected chi connectivity index (χ2v) is 4.76. The lowest BCUT2D eigenvalue weighted by molar-refractivity contribution is -0.120. The van der Waals surface area contributed by atoms with E-state index in [-0.39, 0.29) is 12.3 Å². The number of carbonyl (C=O) groups is 1. The van der Waals surface area contributed by atoms with Gasteiger partial charge in [0.15, 0.2) is 0 Å². The van der Waals surface area contributed by atoms with Gasteiger partial charge in [0.1, 0.15) is 5.75 Å². The smallest absolute Gasteiger partial charge is 0.224 e. The van der Waals surface area contributed by atoms with Crippen molar-refractivity contribution in [2.75, 3.05) is 13.7 Å². The summed E-state index contributed by atoms with van der Waals surface area (Å²) in [5, 5.41) is 11.6. The number of nitrogens with zero attached hydrogens (tertiary/aromatic N) is 1. The van der Waals surface area contributed by atoms with E-state index in [9.17, 15) is 4.79 Å². The summed E-state index contributed by atoms with van der Waals surface area (Å²) in [6, 6.07) is 9.55. The lowest BCUT2D eigenvalue weighted by Gasteiger charge is -2.16. The van der Waals surface area contributed by atoms with Crippen molar-refractivity contribution in [3.05, 3.63) is 29.8 Å². The Hall–Kier alpha value is -2.02. The molecule has 96 valence electrons. The highest BCUT2D eigenvalue weighted by Gasteiger charge is 2.18. The number of ether oxygens (including phenoxy) is 1. The number of nitriles is 1. The standard InChI is InChI=1S/C14H18N2O2/c1-14(2,9-15)10-16-13(17)8-11-6-4-5-7-12(11)18-3/h4-7H,8,10H2,1-3H3,(H,16,17). The number of benzene rings is 1. The predicted octanol–water partition coefficient (Wildman–Crippen LogP) is 1.90. The number of rotatable bonds is 5. The zero-order valence-corrected chi connectivity index (χ0v) is 11.0. The summed E-state index contributed by atoms with van der Waals surface area (Å²) >= 11 is 0. The van der Waals surface area contributed by atoms with E-state index < -0.39 is 5.41 Å². The second-order valence-electron chi connectivity index (χ2n) is 4.76. The molecule has 0 spiro atoms. The number of hydrogen-bond acceptors (Lipinski definition) is 3. The summed E-state index contributed by atoms with van der Waals surface area (Å²) in [4.78, 5) is 11.8. The number of methoxy groups -OCH3 is 1. The van der Waals surface area contributed by atoms with E-state index in [1.54, 1.807) is 21.0 Å². The maximum Gasteiger partial charge on any atom is 0.224 e. The number of hydrogen-bond donors (Lipinski definition) is 1. The van der Waals surface area contributed by atoms with Gasteiger partial charge >= 0.3 is 0 Å². The van der Waals surface area contributed by atoms with Gasteiger partial charge < -0.3 is 10.1 Å². The van der Waals surface area contributed by atoms with E-state index in [0.717, 1.165) is 5.56 Å². The van der Waals surface area contributed by atoms with Gasteiger partial charge in [-0.3, -0.25) is 4.79 Å². The molecular formula is C14H18N2O2. The first kappa shape index (κ1) is 14.0. The van der Waals surface area contributed by atoms with Gasteiger partial charge in [-0.15, -0.1) is 0 Å². The minimum atomic E-state index is -0.545. The normalized spacial score (nSPS) is 10.6. The first-order valence-corrected chi connectivity index (χ1v) is 5.78. The summed E-state index contributed by atoms with van der Waals surface area (Å²) in [6.45, 7) is 3.92. The van der Waals surface area contributed by atoms with Gasteiger partial charge in [-0.25, -0.2) is 0 Å². The molecule has 0 aliphatic carbocycles. The highest BCUT2D eigenvalue weighted by Crippen LogP contribution is 2.18. The molecule has 0 saturated heterocycles. The number of amides is 1. The Morgan fingerprint density at radius 1 is 1.44 bits per heavy atom. The minimum absolute atomic E-state index is 0.108. The SMILES string of the molecule is COc1ccccc1CC(=O)NCC(C)(C)C#N. The number of para-hydroxylation sites is 1. The van der Waals surface area contributed by atoms with Gasteiger partial charge in [-0.2, -0.15) is 5.26 Å². The molecular weight excluding hydrogens is 228 g/mol. The average Bonchev–Trinajstić information content (AvgIpc) is 2.37. The molecule has 1 rings (SSSR count). The molecule has 0 atom stereocenters. The molecule has 0 heterocycles. The van der Waals surface area contributed by atoms with Crippen LogP contribution in [-0.2, 0) is 11.2 Å². The van der Waals surface area contributed by atoms with Crippen molar-refractivity contribution in [3.63, 3.8) is 0 Å². The van der Waals surface area contributed by atoms with Crippen LogP contribution < -0.4 is 10.1 Å². The molecule has 1 aromatic rings.